The molecular formula is C20H16O2. The second kappa shape index (κ2) is 6.27. The van der Waals surface area contributed by atoms with Gasteiger partial charge in [-0.3, -0.25) is 4.79 Å². The molecule has 0 saturated heterocycles. The Morgan fingerprint density at radius 1 is 0.682 bits per heavy atom. The molecule has 2 heteroatoms. The van der Waals surface area contributed by atoms with Crippen molar-refractivity contribution in [2.45, 2.75) is 6.42 Å². The molecule has 3 aromatic rings. The third-order valence-electron chi connectivity index (χ3n) is 3.67. The second-order valence-electron chi connectivity index (χ2n) is 5.13. The smallest absolute Gasteiger partial charge is 0.307 e. The van der Waals surface area contributed by atoms with Crippen LogP contribution < -0.4 is 0 Å². The van der Waals surface area contributed by atoms with E-state index in [2.05, 4.69) is 0 Å². The molecule has 0 bridgehead atoms. The second-order valence-corrected chi connectivity index (χ2v) is 5.13. The Kier molecular flexibility index (Phi) is 4.01. The van der Waals surface area contributed by atoms with Gasteiger partial charge in [0.25, 0.3) is 0 Å². The molecule has 0 unspecified atom stereocenters. The van der Waals surface area contributed by atoms with Gasteiger partial charge in [0.2, 0.25) is 0 Å². The van der Waals surface area contributed by atoms with Crippen LogP contribution in [0.4, 0.5) is 0 Å². The summed E-state index contributed by atoms with van der Waals surface area (Å²) in [5.41, 5.74) is 4.88. The molecule has 0 fully saturated rings. The fourth-order valence-corrected chi connectivity index (χ4v) is 2.70. The Morgan fingerprint density at radius 2 is 1.14 bits per heavy atom. The average molecular weight is 288 g/mol. The predicted octanol–water partition coefficient (Wildman–Crippen LogP) is 4.65. The maximum Gasteiger partial charge on any atom is 0.307 e. The molecule has 1 N–H and O–H groups in total. The first-order valence-electron chi connectivity index (χ1n) is 7.20. The van der Waals surface area contributed by atoms with E-state index in [0.717, 1.165) is 27.8 Å². The molecule has 108 valence electrons. The van der Waals surface area contributed by atoms with Gasteiger partial charge in [0, 0.05) is 0 Å². The number of carbonyl (C=O) groups is 1. The van der Waals surface area contributed by atoms with Crippen molar-refractivity contribution in [3.05, 3.63) is 84.4 Å². The van der Waals surface area contributed by atoms with Crippen LogP contribution in [0.3, 0.4) is 0 Å². The Morgan fingerprint density at radius 3 is 1.55 bits per heavy atom. The Labute approximate surface area is 129 Å². The van der Waals surface area contributed by atoms with Crippen LogP contribution >= 0.6 is 0 Å². The minimum absolute atomic E-state index is 0.00922. The molecule has 2 nitrogen and oxygen atoms in total. The van der Waals surface area contributed by atoms with Crippen LogP contribution in [0.15, 0.2) is 78.9 Å². The number of carboxylic acid groups (broad SMARTS) is 1. The minimum Gasteiger partial charge on any atom is -0.481 e. The monoisotopic (exact) mass is 288 g/mol. The number of carboxylic acids is 1. The van der Waals surface area contributed by atoms with Gasteiger partial charge in [0.1, 0.15) is 0 Å². The average Bonchev–Trinajstić information content (AvgIpc) is 2.56. The van der Waals surface area contributed by atoms with Gasteiger partial charge in [0.15, 0.2) is 0 Å². The number of hydrogen-bond donors (Lipinski definition) is 1. The summed E-state index contributed by atoms with van der Waals surface area (Å²) in [6, 6.07) is 25.8. The highest BCUT2D eigenvalue weighted by molar-refractivity contribution is 5.84. The summed E-state index contributed by atoms with van der Waals surface area (Å²) in [7, 11) is 0. The summed E-state index contributed by atoms with van der Waals surface area (Å²) < 4.78 is 0. The molecule has 22 heavy (non-hydrogen) atoms. The van der Waals surface area contributed by atoms with Gasteiger partial charge in [-0.2, -0.15) is 0 Å². The van der Waals surface area contributed by atoms with Gasteiger partial charge in [-0.15, -0.1) is 0 Å². The van der Waals surface area contributed by atoms with E-state index >= 15 is 0 Å². The van der Waals surface area contributed by atoms with Gasteiger partial charge in [-0.1, -0.05) is 78.9 Å². The fourth-order valence-electron chi connectivity index (χ4n) is 2.70. The fraction of sp³-hybridized carbons (Fsp3) is 0.0500. The lowest BCUT2D eigenvalue weighted by atomic mass is 9.90. The van der Waals surface area contributed by atoms with Crippen LogP contribution in [-0.2, 0) is 11.2 Å². The van der Waals surface area contributed by atoms with E-state index < -0.39 is 5.97 Å². The molecule has 0 atom stereocenters. The quantitative estimate of drug-likeness (QED) is 0.759. The van der Waals surface area contributed by atoms with E-state index in [0.29, 0.717) is 0 Å². The van der Waals surface area contributed by atoms with Crippen molar-refractivity contribution in [2.75, 3.05) is 0 Å². The largest absolute Gasteiger partial charge is 0.481 e. The summed E-state index contributed by atoms with van der Waals surface area (Å²) >= 11 is 0. The van der Waals surface area contributed by atoms with Crippen molar-refractivity contribution >= 4 is 5.97 Å². The predicted molar refractivity (Wildman–Crippen MR) is 88.7 cm³/mol. The molecule has 0 heterocycles. The van der Waals surface area contributed by atoms with Crippen molar-refractivity contribution in [1.29, 1.82) is 0 Å². The molecular weight excluding hydrogens is 272 g/mol. The molecule has 0 aliphatic rings. The molecule has 0 saturated carbocycles. The van der Waals surface area contributed by atoms with E-state index in [1.54, 1.807) is 0 Å². The van der Waals surface area contributed by atoms with E-state index in [9.17, 15) is 9.90 Å². The van der Waals surface area contributed by atoms with Gasteiger partial charge in [-0.25, -0.2) is 0 Å². The summed E-state index contributed by atoms with van der Waals surface area (Å²) in [5.74, 6) is -0.819. The topological polar surface area (TPSA) is 37.3 Å². The number of benzene rings is 3. The van der Waals surface area contributed by atoms with Crippen LogP contribution in [0.1, 0.15) is 5.56 Å². The third kappa shape index (κ3) is 2.91. The summed E-state index contributed by atoms with van der Waals surface area (Å²) in [4.78, 5) is 11.3. The Hall–Kier alpha value is -2.87. The van der Waals surface area contributed by atoms with Crippen molar-refractivity contribution < 1.29 is 9.90 Å². The van der Waals surface area contributed by atoms with Crippen LogP contribution in [0.5, 0.6) is 0 Å². The minimum atomic E-state index is -0.819. The van der Waals surface area contributed by atoms with Crippen molar-refractivity contribution in [3.63, 3.8) is 0 Å². The highest BCUT2D eigenvalue weighted by Crippen LogP contribution is 2.32. The molecule has 0 aliphatic carbocycles. The molecule has 3 aromatic carbocycles. The zero-order chi connectivity index (χ0) is 15.4. The highest BCUT2D eigenvalue weighted by Gasteiger charge is 2.14. The SMILES string of the molecule is O=C(O)Cc1c(-c2ccccc2)cccc1-c1ccccc1. The summed E-state index contributed by atoms with van der Waals surface area (Å²) in [5, 5.41) is 9.31. The van der Waals surface area contributed by atoms with E-state index in [4.69, 9.17) is 0 Å². The van der Waals surface area contributed by atoms with Crippen molar-refractivity contribution in [2.24, 2.45) is 0 Å². The van der Waals surface area contributed by atoms with Gasteiger partial charge in [-0.05, 0) is 27.8 Å². The standard InChI is InChI=1S/C20H16O2/c21-20(22)14-19-17(15-8-3-1-4-9-15)12-7-13-18(19)16-10-5-2-6-11-16/h1-13H,14H2,(H,21,22). The maximum absolute atomic E-state index is 11.3. The Balaban J connectivity index is 2.21. The van der Waals surface area contributed by atoms with E-state index in [1.165, 1.54) is 0 Å². The molecule has 0 radical (unpaired) electrons. The molecule has 0 aromatic heterocycles. The molecule has 0 amide bonds. The van der Waals surface area contributed by atoms with Crippen LogP contribution in [0, 0.1) is 0 Å². The number of aliphatic carboxylic acids is 1. The molecule has 3 rings (SSSR count). The van der Waals surface area contributed by atoms with Crippen molar-refractivity contribution in [1.82, 2.24) is 0 Å². The summed E-state index contributed by atoms with van der Waals surface area (Å²) in [6.45, 7) is 0. The van der Waals surface area contributed by atoms with Gasteiger partial charge >= 0.3 is 5.97 Å². The first kappa shape index (κ1) is 14.1. The molecule has 0 aliphatic heterocycles. The first-order valence-corrected chi connectivity index (χ1v) is 7.20. The number of rotatable bonds is 4. The van der Waals surface area contributed by atoms with Gasteiger partial charge in [0.05, 0.1) is 6.42 Å². The maximum atomic E-state index is 11.3. The first-order chi connectivity index (χ1) is 10.8. The number of hydrogen-bond acceptors (Lipinski definition) is 1. The van der Waals surface area contributed by atoms with Crippen LogP contribution in [0.25, 0.3) is 22.3 Å². The van der Waals surface area contributed by atoms with Crippen LogP contribution in [-0.4, -0.2) is 11.1 Å². The Bertz CT molecular complexity index is 720. The lowest BCUT2D eigenvalue weighted by molar-refractivity contribution is -0.136. The third-order valence-corrected chi connectivity index (χ3v) is 3.67. The van der Waals surface area contributed by atoms with Crippen LogP contribution in [0.2, 0.25) is 0 Å². The normalized spacial score (nSPS) is 10.4. The van der Waals surface area contributed by atoms with E-state index in [1.807, 2.05) is 78.9 Å². The van der Waals surface area contributed by atoms with Gasteiger partial charge < -0.3 is 5.11 Å². The zero-order valence-electron chi connectivity index (χ0n) is 12.1. The highest BCUT2D eigenvalue weighted by atomic mass is 16.4. The lowest BCUT2D eigenvalue weighted by Crippen LogP contribution is -2.04. The van der Waals surface area contributed by atoms with Crippen molar-refractivity contribution in [3.8, 4) is 22.3 Å². The van der Waals surface area contributed by atoms with E-state index in [-0.39, 0.29) is 6.42 Å². The lowest BCUT2D eigenvalue weighted by Gasteiger charge is -2.14. The summed E-state index contributed by atoms with van der Waals surface area (Å²) in [6.07, 6.45) is 0.00922. The molecule has 0 spiro atoms. The zero-order valence-corrected chi connectivity index (χ0v) is 12.1.